The Labute approximate surface area is 200 Å². The van der Waals surface area contributed by atoms with Crippen molar-refractivity contribution in [3.8, 4) is 34.3 Å². The van der Waals surface area contributed by atoms with Gasteiger partial charge in [-0.05, 0) is 54.1 Å². The SMILES string of the molecule is FC(F)(F)c1ccc(-c2nc(Cc3ccc(Oc4ccccc4)cc3)c(-c3ccccc3)o2)cc1. The second kappa shape index (κ2) is 9.50. The van der Waals surface area contributed by atoms with Crippen molar-refractivity contribution in [2.24, 2.45) is 0 Å². The molecule has 0 spiro atoms. The number of para-hydroxylation sites is 1. The number of hydrogen-bond donors (Lipinski definition) is 0. The van der Waals surface area contributed by atoms with Gasteiger partial charge in [-0.3, -0.25) is 0 Å². The number of benzene rings is 4. The Morgan fingerprint density at radius 2 is 1.26 bits per heavy atom. The molecule has 0 N–H and O–H groups in total. The van der Waals surface area contributed by atoms with Crippen LogP contribution >= 0.6 is 0 Å². The van der Waals surface area contributed by atoms with Crippen LogP contribution in [-0.4, -0.2) is 4.98 Å². The highest BCUT2D eigenvalue weighted by molar-refractivity contribution is 5.65. The molecular formula is C29H20F3NO2. The van der Waals surface area contributed by atoms with Gasteiger partial charge in [0.05, 0.1) is 11.3 Å². The summed E-state index contributed by atoms with van der Waals surface area (Å²) in [5.41, 5.74) is 2.30. The van der Waals surface area contributed by atoms with Crippen LogP contribution in [0.5, 0.6) is 11.5 Å². The smallest absolute Gasteiger partial charge is 0.416 e. The van der Waals surface area contributed by atoms with Gasteiger partial charge in [0.25, 0.3) is 0 Å². The molecule has 0 amide bonds. The highest BCUT2D eigenvalue weighted by atomic mass is 19.4. The Morgan fingerprint density at radius 3 is 1.89 bits per heavy atom. The quantitative estimate of drug-likeness (QED) is 0.249. The monoisotopic (exact) mass is 471 g/mol. The predicted molar refractivity (Wildman–Crippen MR) is 128 cm³/mol. The lowest BCUT2D eigenvalue weighted by Crippen LogP contribution is -2.03. The molecule has 0 bridgehead atoms. The third-order valence-electron chi connectivity index (χ3n) is 5.47. The minimum absolute atomic E-state index is 0.275. The molecule has 0 fully saturated rings. The molecule has 1 heterocycles. The first-order valence-electron chi connectivity index (χ1n) is 11.0. The Morgan fingerprint density at radius 1 is 0.657 bits per heavy atom. The molecule has 1 aromatic heterocycles. The van der Waals surface area contributed by atoms with Crippen molar-refractivity contribution in [2.45, 2.75) is 12.6 Å². The van der Waals surface area contributed by atoms with Crippen LogP contribution in [0.2, 0.25) is 0 Å². The van der Waals surface area contributed by atoms with Gasteiger partial charge < -0.3 is 9.15 Å². The fourth-order valence-corrected chi connectivity index (χ4v) is 3.71. The summed E-state index contributed by atoms with van der Waals surface area (Å²) in [6.45, 7) is 0. The molecule has 4 aromatic carbocycles. The molecule has 0 saturated carbocycles. The van der Waals surface area contributed by atoms with Gasteiger partial charge >= 0.3 is 6.18 Å². The van der Waals surface area contributed by atoms with Gasteiger partial charge in [-0.2, -0.15) is 13.2 Å². The van der Waals surface area contributed by atoms with Crippen LogP contribution < -0.4 is 4.74 Å². The van der Waals surface area contributed by atoms with Crippen LogP contribution in [0.4, 0.5) is 13.2 Å². The van der Waals surface area contributed by atoms with E-state index in [9.17, 15) is 13.2 Å². The maximum Gasteiger partial charge on any atom is 0.416 e. The third kappa shape index (κ3) is 5.27. The van der Waals surface area contributed by atoms with Crippen LogP contribution in [0, 0.1) is 0 Å². The van der Waals surface area contributed by atoms with Crippen LogP contribution in [0.3, 0.4) is 0 Å². The molecule has 0 aliphatic rings. The average Bonchev–Trinajstić information content (AvgIpc) is 3.30. The molecule has 5 rings (SSSR count). The Hall–Kier alpha value is -4.32. The summed E-state index contributed by atoms with van der Waals surface area (Å²) in [5, 5.41) is 0. The number of nitrogens with zero attached hydrogens (tertiary/aromatic N) is 1. The van der Waals surface area contributed by atoms with E-state index < -0.39 is 11.7 Å². The Balaban J connectivity index is 1.43. The molecule has 0 atom stereocenters. The van der Waals surface area contributed by atoms with Gasteiger partial charge in [0.1, 0.15) is 11.5 Å². The van der Waals surface area contributed by atoms with Crippen molar-refractivity contribution in [1.29, 1.82) is 0 Å². The fourth-order valence-electron chi connectivity index (χ4n) is 3.71. The normalized spacial score (nSPS) is 11.4. The number of ether oxygens (including phenoxy) is 1. The maximum atomic E-state index is 13.0. The van der Waals surface area contributed by atoms with Gasteiger partial charge in [-0.15, -0.1) is 0 Å². The molecule has 5 aromatic rings. The molecular weight excluding hydrogens is 451 g/mol. The molecule has 6 heteroatoms. The van der Waals surface area contributed by atoms with E-state index in [1.165, 1.54) is 12.1 Å². The highest BCUT2D eigenvalue weighted by Gasteiger charge is 2.30. The molecule has 0 saturated heterocycles. The lowest BCUT2D eigenvalue weighted by atomic mass is 10.1. The lowest BCUT2D eigenvalue weighted by Gasteiger charge is -2.07. The van der Waals surface area contributed by atoms with Gasteiger partial charge in [0.2, 0.25) is 5.89 Å². The zero-order valence-corrected chi connectivity index (χ0v) is 18.5. The van der Waals surface area contributed by atoms with Crippen molar-refractivity contribution >= 4 is 0 Å². The van der Waals surface area contributed by atoms with Crippen molar-refractivity contribution < 1.29 is 22.3 Å². The first kappa shape index (κ1) is 22.5. The van der Waals surface area contributed by atoms with Gasteiger partial charge in [0.15, 0.2) is 5.76 Å². The summed E-state index contributed by atoms with van der Waals surface area (Å²) in [7, 11) is 0. The number of halogens is 3. The Bertz CT molecular complexity index is 1390. The van der Waals surface area contributed by atoms with Crippen LogP contribution in [0.1, 0.15) is 16.8 Å². The number of hydrogen-bond acceptors (Lipinski definition) is 3. The average molecular weight is 471 g/mol. The standard InChI is InChI=1S/C29H20F3NO2/c30-29(31,32)23-15-13-22(14-16-23)28-33-26(27(35-28)21-7-3-1-4-8-21)19-20-11-17-25(18-12-20)34-24-9-5-2-6-10-24/h1-18H,19H2. The van der Waals surface area contributed by atoms with E-state index in [1.54, 1.807) is 0 Å². The fraction of sp³-hybridized carbons (Fsp3) is 0.0690. The zero-order valence-electron chi connectivity index (χ0n) is 18.5. The summed E-state index contributed by atoms with van der Waals surface area (Å²) in [4.78, 5) is 4.65. The predicted octanol–water partition coefficient (Wildman–Crippen LogP) is 8.41. The lowest BCUT2D eigenvalue weighted by molar-refractivity contribution is -0.137. The Kier molecular flexibility index (Phi) is 6.10. The summed E-state index contributed by atoms with van der Waals surface area (Å²) in [5.74, 6) is 2.33. The van der Waals surface area contributed by atoms with Crippen molar-refractivity contribution in [2.75, 3.05) is 0 Å². The van der Waals surface area contributed by atoms with Gasteiger partial charge in [-0.25, -0.2) is 4.98 Å². The second-order valence-electron chi connectivity index (χ2n) is 7.97. The van der Waals surface area contributed by atoms with Crippen LogP contribution in [0.25, 0.3) is 22.8 Å². The molecule has 0 radical (unpaired) electrons. The van der Waals surface area contributed by atoms with E-state index >= 15 is 0 Å². The summed E-state index contributed by atoms with van der Waals surface area (Å²) < 4.78 is 50.8. The minimum atomic E-state index is -4.40. The zero-order chi connectivity index (χ0) is 24.3. The molecule has 0 unspecified atom stereocenters. The van der Waals surface area contributed by atoms with E-state index in [0.29, 0.717) is 29.2 Å². The van der Waals surface area contributed by atoms with Crippen LogP contribution in [0.15, 0.2) is 114 Å². The second-order valence-corrected chi connectivity index (χ2v) is 7.97. The largest absolute Gasteiger partial charge is 0.457 e. The number of aromatic nitrogens is 1. The van der Waals surface area contributed by atoms with E-state index in [0.717, 1.165) is 29.0 Å². The molecule has 0 aliphatic heterocycles. The van der Waals surface area contributed by atoms with E-state index in [1.807, 2.05) is 84.9 Å². The molecule has 0 aliphatic carbocycles. The first-order chi connectivity index (χ1) is 17.0. The van der Waals surface area contributed by atoms with Crippen molar-refractivity contribution in [3.63, 3.8) is 0 Å². The van der Waals surface area contributed by atoms with E-state index in [4.69, 9.17) is 9.15 Å². The van der Waals surface area contributed by atoms with Gasteiger partial charge in [-0.1, -0.05) is 60.7 Å². The first-order valence-corrected chi connectivity index (χ1v) is 11.0. The molecule has 174 valence electrons. The molecule has 35 heavy (non-hydrogen) atoms. The summed E-state index contributed by atoms with van der Waals surface area (Å²) in [6.07, 6.45) is -3.91. The van der Waals surface area contributed by atoms with Crippen molar-refractivity contribution in [3.05, 3.63) is 126 Å². The summed E-state index contributed by atoms with van der Waals surface area (Å²) >= 11 is 0. The number of oxazole rings is 1. The topological polar surface area (TPSA) is 35.3 Å². The third-order valence-corrected chi connectivity index (χ3v) is 5.47. The van der Waals surface area contributed by atoms with Crippen molar-refractivity contribution in [1.82, 2.24) is 4.98 Å². The van der Waals surface area contributed by atoms with Crippen LogP contribution in [-0.2, 0) is 12.6 Å². The van der Waals surface area contributed by atoms with E-state index in [2.05, 4.69) is 4.98 Å². The summed E-state index contributed by atoms with van der Waals surface area (Å²) in [6, 6.07) is 31.6. The number of rotatable bonds is 6. The minimum Gasteiger partial charge on any atom is -0.457 e. The molecule has 3 nitrogen and oxygen atoms in total. The van der Waals surface area contributed by atoms with E-state index in [-0.39, 0.29) is 5.89 Å². The van der Waals surface area contributed by atoms with Gasteiger partial charge in [0, 0.05) is 17.5 Å². The number of alkyl halides is 3. The highest BCUT2D eigenvalue weighted by Crippen LogP contribution is 2.34. The maximum absolute atomic E-state index is 13.0.